The molecule has 90 valence electrons. The molecule has 0 saturated carbocycles. The van der Waals surface area contributed by atoms with E-state index < -0.39 is 0 Å². The van der Waals surface area contributed by atoms with E-state index in [4.69, 9.17) is 4.74 Å². The third-order valence-electron chi connectivity index (χ3n) is 3.67. The molecule has 0 aromatic heterocycles. The van der Waals surface area contributed by atoms with E-state index in [1.54, 1.807) is 0 Å². The number of carbonyl (C=O) groups excluding carboxylic acids is 1. The lowest BCUT2D eigenvalue weighted by Gasteiger charge is -2.28. The number of ketones is 1. The third kappa shape index (κ3) is 2.36. The van der Waals surface area contributed by atoms with Crippen molar-refractivity contribution < 1.29 is 9.53 Å². The van der Waals surface area contributed by atoms with Gasteiger partial charge in [0.1, 0.15) is 0 Å². The molecule has 3 heteroatoms. The monoisotopic (exact) mass is 223 g/mol. The molecule has 0 N–H and O–H groups in total. The van der Waals surface area contributed by atoms with Crippen LogP contribution in [0.5, 0.6) is 0 Å². The molecule has 0 amide bonds. The molecule has 2 rings (SSSR count). The molecule has 1 unspecified atom stereocenters. The second-order valence-corrected chi connectivity index (χ2v) is 4.79. The largest absolute Gasteiger partial charge is 0.379 e. The Morgan fingerprint density at radius 1 is 1.38 bits per heavy atom. The lowest BCUT2D eigenvalue weighted by Crippen LogP contribution is -2.40. The van der Waals surface area contributed by atoms with Gasteiger partial charge in [-0.05, 0) is 25.3 Å². The van der Waals surface area contributed by atoms with Gasteiger partial charge in [0.05, 0.1) is 13.2 Å². The van der Waals surface area contributed by atoms with Gasteiger partial charge in [0.15, 0.2) is 5.78 Å². The molecule has 0 radical (unpaired) electrons. The van der Waals surface area contributed by atoms with Gasteiger partial charge < -0.3 is 4.74 Å². The normalized spacial score (nSPS) is 27.9. The van der Waals surface area contributed by atoms with Crippen molar-refractivity contribution in [3.63, 3.8) is 0 Å². The summed E-state index contributed by atoms with van der Waals surface area (Å²) >= 11 is 0. The van der Waals surface area contributed by atoms with Gasteiger partial charge in [-0.15, -0.1) is 0 Å². The van der Waals surface area contributed by atoms with Crippen LogP contribution in [-0.2, 0) is 9.53 Å². The Balaban J connectivity index is 1.91. The standard InChI is InChI=1S/C13H21NO2/c1-3-12-10(2)8-11(13(12)15)9-14-4-6-16-7-5-14/h11H,3-9H2,1-2H3. The summed E-state index contributed by atoms with van der Waals surface area (Å²) in [5.41, 5.74) is 2.39. The summed E-state index contributed by atoms with van der Waals surface area (Å²) in [5.74, 6) is 0.611. The van der Waals surface area contributed by atoms with Gasteiger partial charge in [0.2, 0.25) is 0 Å². The van der Waals surface area contributed by atoms with E-state index >= 15 is 0 Å². The van der Waals surface area contributed by atoms with Crippen LogP contribution in [0.4, 0.5) is 0 Å². The predicted molar refractivity (Wildman–Crippen MR) is 63.4 cm³/mol. The van der Waals surface area contributed by atoms with Crippen molar-refractivity contribution in [2.24, 2.45) is 5.92 Å². The number of Topliss-reactive ketones (excluding diaryl/α,β-unsaturated/α-hetero) is 1. The quantitative estimate of drug-likeness (QED) is 0.728. The highest BCUT2D eigenvalue weighted by molar-refractivity contribution is 6.00. The summed E-state index contributed by atoms with van der Waals surface area (Å²) < 4.78 is 5.32. The molecule has 3 nitrogen and oxygen atoms in total. The zero-order chi connectivity index (χ0) is 11.5. The highest BCUT2D eigenvalue weighted by atomic mass is 16.5. The number of hydrogen-bond donors (Lipinski definition) is 0. The molecule has 0 spiro atoms. The summed E-state index contributed by atoms with van der Waals surface area (Å²) in [7, 11) is 0. The Hall–Kier alpha value is -0.670. The van der Waals surface area contributed by atoms with Crippen molar-refractivity contribution in [2.45, 2.75) is 26.7 Å². The molecule has 1 heterocycles. The molecule has 1 fully saturated rings. The number of rotatable bonds is 3. The van der Waals surface area contributed by atoms with Crippen LogP contribution >= 0.6 is 0 Å². The van der Waals surface area contributed by atoms with Crippen LogP contribution in [0.2, 0.25) is 0 Å². The van der Waals surface area contributed by atoms with Crippen LogP contribution in [0, 0.1) is 5.92 Å². The lowest BCUT2D eigenvalue weighted by atomic mass is 10.0. The first-order valence-electron chi connectivity index (χ1n) is 6.25. The fraction of sp³-hybridized carbons (Fsp3) is 0.769. The van der Waals surface area contributed by atoms with Gasteiger partial charge in [-0.1, -0.05) is 12.5 Å². The Morgan fingerprint density at radius 3 is 2.62 bits per heavy atom. The van der Waals surface area contributed by atoms with Crippen LogP contribution in [0.1, 0.15) is 26.7 Å². The average Bonchev–Trinajstić information content (AvgIpc) is 2.55. The van der Waals surface area contributed by atoms with E-state index in [1.165, 1.54) is 5.57 Å². The number of allylic oxidation sites excluding steroid dienone is 2. The Bertz CT molecular complexity index is 303. The number of nitrogens with zero attached hydrogens (tertiary/aromatic N) is 1. The van der Waals surface area contributed by atoms with Gasteiger partial charge in [-0.3, -0.25) is 9.69 Å². The molecule has 0 aromatic carbocycles. The van der Waals surface area contributed by atoms with Crippen LogP contribution < -0.4 is 0 Å². The third-order valence-corrected chi connectivity index (χ3v) is 3.67. The molecular weight excluding hydrogens is 202 g/mol. The summed E-state index contributed by atoms with van der Waals surface area (Å²) in [6.07, 6.45) is 1.86. The Morgan fingerprint density at radius 2 is 2.06 bits per heavy atom. The molecular formula is C13H21NO2. The van der Waals surface area contributed by atoms with Crippen molar-refractivity contribution in [1.82, 2.24) is 4.90 Å². The van der Waals surface area contributed by atoms with Gasteiger partial charge >= 0.3 is 0 Å². The zero-order valence-electron chi connectivity index (χ0n) is 10.3. The molecule has 1 atom stereocenters. The minimum atomic E-state index is 0.216. The van der Waals surface area contributed by atoms with E-state index in [-0.39, 0.29) is 5.92 Å². The Kier molecular flexibility index (Phi) is 3.77. The fourth-order valence-corrected chi connectivity index (χ4v) is 2.76. The molecule has 16 heavy (non-hydrogen) atoms. The maximum absolute atomic E-state index is 12.1. The van der Waals surface area contributed by atoms with Crippen LogP contribution in [-0.4, -0.2) is 43.5 Å². The number of morpholine rings is 1. The van der Waals surface area contributed by atoms with E-state index in [1.807, 2.05) is 0 Å². The van der Waals surface area contributed by atoms with E-state index in [0.717, 1.165) is 51.3 Å². The molecule has 1 aliphatic carbocycles. The van der Waals surface area contributed by atoms with E-state index in [0.29, 0.717) is 5.78 Å². The SMILES string of the molecule is CCC1=C(C)CC(CN2CCOCC2)C1=O. The number of hydrogen-bond acceptors (Lipinski definition) is 3. The smallest absolute Gasteiger partial charge is 0.163 e. The van der Waals surface area contributed by atoms with Crippen molar-refractivity contribution in [3.05, 3.63) is 11.1 Å². The van der Waals surface area contributed by atoms with Crippen molar-refractivity contribution in [2.75, 3.05) is 32.8 Å². The fourth-order valence-electron chi connectivity index (χ4n) is 2.76. The van der Waals surface area contributed by atoms with E-state index in [2.05, 4.69) is 18.7 Å². The van der Waals surface area contributed by atoms with Crippen LogP contribution in [0.3, 0.4) is 0 Å². The molecule has 0 bridgehead atoms. The molecule has 2 aliphatic rings. The first kappa shape index (κ1) is 11.8. The van der Waals surface area contributed by atoms with Gasteiger partial charge in [0, 0.05) is 25.6 Å². The van der Waals surface area contributed by atoms with Gasteiger partial charge in [-0.2, -0.15) is 0 Å². The minimum absolute atomic E-state index is 0.216. The zero-order valence-corrected chi connectivity index (χ0v) is 10.3. The number of ether oxygens (including phenoxy) is 1. The summed E-state index contributed by atoms with van der Waals surface area (Å²) in [4.78, 5) is 14.5. The van der Waals surface area contributed by atoms with E-state index in [9.17, 15) is 4.79 Å². The Labute approximate surface area is 97.5 Å². The topological polar surface area (TPSA) is 29.5 Å². The summed E-state index contributed by atoms with van der Waals surface area (Å²) in [5, 5.41) is 0. The highest BCUT2D eigenvalue weighted by Crippen LogP contribution is 2.30. The maximum Gasteiger partial charge on any atom is 0.163 e. The highest BCUT2D eigenvalue weighted by Gasteiger charge is 2.31. The number of carbonyl (C=O) groups is 1. The lowest BCUT2D eigenvalue weighted by molar-refractivity contribution is -0.119. The second kappa shape index (κ2) is 5.11. The maximum atomic E-state index is 12.1. The van der Waals surface area contributed by atoms with Crippen molar-refractivity contribution in [3.8, 4) is 0 Å². The van der Waals surface area contributed by atoms with Gasteiger partial charge in [0.25, 0.3) is 0 Å². The second-order valence-electron chi connectivity index (χ2n) is 4.79. The van der Waals surface area contributed by atoms with Crippen molar-refractivity contribution >= 4 is 5.78 Å². The minimum Gasteiger partial charge on any atom is -0.379 e. The predicted octanol–water partition coefficient (Wildman–Crippen LogP) is 1.63. The summed E-state index contributed by atoms with van der Waals surface area (Å²) in [6.45, 7) is 8.68. The summed E-state index contributed by atoms with van der Waals surface area (Å²) in [6, 6.07) is 0. The van der Waals surface area contributed by atoms with Crippen molar-refractivity contribution in [1.29, 1.82) is 0 Å². The molecule has 1 saturated heterocycles. The van der Waals surface area contributed by atoms with Crippen LogP contribution in [0.15, 0.2) is 11.1 Å². The van der Waals surface area contributed by atoms with Gasteiger partial charge in [-0.25, -0.2) is 0 Å². The molecule has 0 aromatic rings. The average molecular weight is 223 g/mol. The first-order valence-corrected chi connectivity index (χ1v) is 6.25. The van der Waals surface area contributed by atoms with Crippen LogP contribution in [0.25, 0.3) is 0 Å². The molecule has 1 aliphatic heterocycles. The first-order chi connectivity index (χ1) is 7.72.